The van der Waals surface area contributed by atoms with Gasteiger partial charge >= 0.3 is 33.6 Å². The molecule has 0 heterocycles. The largest absolute Gasteiger partial charge is 0.472 e. The molecule has 4 N–H and O–H groups in total. The van der Waals surface area contributed by atoms with Gasteiger partial charge in [-0.15, -0.1) is 0 Å². The molecule has 16 nitrogen and oxygen atoms in total. The Bertz CT molecular complexity index is 2500. The molecule has 0 radical (unpaired) electrons. The fraction of sp³-hybridized carbons (Fsp3) is 0.659. The number of hydrogen-bond acceptors (Lipinski definition) is 14. The second-order valence-electron chi connectivity index (χ2n) is 26.1. The summed E-state index contributed by atoms with van der Waals surface area (Å²) in [4.78, 5) is 58.6. The van der Waals surface area contributed by atoms with Crippen LogP contribution in [0.5, 0.6) is 0 Å². The molecule has 0 fully saturated rings. The molecule has 5 atom stereocenters. The lowest BCUT2D eigenvalue weighted by molar-refractivity contribution is -0.161. The van der Waals surface area contributed by atoms with Gasteiger partial charge in [0.15, 0.2) is 6.10 Å². The number of unbranched alkanes of at least 4 members (excludes halogenated alkanes) is 25. The summed E-state index contributed by atoms with van der Waals surface area (Å²) < 4.78 is 61.0. The summed E-state index contributed by atoms with van der Waals surface area (Å²) in [5.41, 5.74) is 0. The van der Waals surface area contributed by atoms with Gasteiger partial charge in [-0.2, -0.15) is 0 Å². The summed E-state index contributed by atoms with van der Waals surface area (Å²) in [6.07, 6.45) is 96.1. The summed E-state index contributed by atoms with van der Waals surface area (Å²) in [6, 6.07) is 0. The van der Waals surface area contributed by atoms with Gasteiger partial charge in [-0.25, -0.2) is 9.13 Å². The molecule has 103 heavy (non-hydrogen) atoms. The van der Waals surface area contributed by atoms with Crippen molar-refractivity contribution in [3.8, 4) is 0 Å². The van der Waals surface area contributed by atoms with Crippen molar-refractivity contribution in [2.24, 2.45) is 0 Å². The molecule has 0 rings (SSSR count). The molecule has 588 valence electrons. The molecular formula is C85H142O16P2. The second kappa shape index (κ2) is 76.8. The topological polar surface area (TPSA) is 231 Å². The Kier molecular flexibility index (Phi) is 73.2. The maximum Gasteiger partial charge on any atom is 0.472 e. The van der Waals surface area contributed by atoms with Crippen molar-refractivity contribution in [3.63, 3.8) is 0 Å². The molecule has 0 aliphatic rings. The maximum atomic E-state index is 12.9. The van der Waals surface area contributed by atoms with Crippen LogP contribution in [0, 0.1) is 0 Å². The minimum Gasteiger partial charge on any atom is -0.463 e. The van der Waals surface area contributed by atoms with Crippen molar-refractivity contribution in [2.75, 3.05) is 39.6 Å². The predicted molar refractivity (Wildman–Crippen MR) is 426 cm³/mol. The number of carbonyl (C=O) groups is 3. The minimum atomic E-state index is -4.95. The molecule has 0 saturated heterocycles. The SMILES string of the molecule is CC/C=C\C/C=C\C/C=C\C/C=C\C/C=C\CCCC(=O)OCC(COP(=O)(O)OCC(O)COP(=O)(O)OCC(O)COC(=O)CCCCCCCCCCCCCCCCCCC/C=C\C/C=C\C/C=C\C/C=C\CCCCC)OC(=O)CCCCCC/C=C\C/C=C\C/C=C\C/C=C\CC. The quantitative estimate of drug-likeness (QED) is 0.0146. The van der Waals surface area contributed by atoms with Crippen molar-refractivity contribution in [3.05, 3.63) is 158 Å². The normalized spacial score (nSPS) is 14.8. The highest BCUT2D eigenvalue weighted by Crippen LogP contribution is 2.45. The Morgan fingerprint density at radius 2 is 0.524 bits per heavy atom. The van der Waals surface area contributed by atoms with E-state index in [0.29, 0.717) is 25.7 Å². The highest BCUT2D eigenvalue weighted by atomic mass is 31.2. The molecule has 18 heteroatoms. The molecule has 0 aromatic rings. The van der Waals surface area contributed by atoms with E-state index in [2.05, 4.69) is 167 Å². The van der Waals surface area contributed by atoms with Crippen LogP contribution in [0.2, 0.25) is 0 Å². The van der Waals surface area contributed by atoms with Gasteiger partial charge in [-0.05, 0) is 141 Å². The Hall–Kier alpha value is -4.83. The molecule has 0 amide bonds. The Balaban J connectivity index is 4.50. The average molecular weight is 1480 g/mol. The average Bonchev–Trinajstić information content (AvgIpc) is 0.918. The van der Waals surface area contributed by atoms with Crippen molar-refractivity contribution in [2.45, 2.75) is 322 Å². The van der Waals surface area contributed by atoms with Gasteiger partial charge in [0, 0.05) is 19.3 Å². The van der Waals surface area contributed by atoms with Crippen LogP contribution in [-0.4, -0.2) is 95.9 Å². The van der Waals surface area contributed by atoms with E-state index < -0.39 is 91.5 Å². The first-order chi connectivity index (χ1) is 50.2. The lowest BCUT2D eigenvalue weighted by Gasteiger charge is -2.21. The first-order valence-corrected chi connectivity index (χ1v) is 42.8. The van der Waals surface area contributed by atoms with Crippen LogP contribution in [-0.2, 0) is 55.8 Å². The first kappa shape index (κ1) is 98.2. The molecule has 0 aromatic carbocycles. The number of aliphatic hydroxyl groups is 2. The summed E-state index contributed by atoms with van der Waals surface area (Å²) in [7, 11) is -9.82. The number of rotatable bonds is 74. The highest BCUT2D eigenvalue weighted by Gasteiger charge is 2.29. The van der Waals surface area contributed by atoms with E-state index in [-0.39, 0.29) is 19.3 Å². The number of ether oxygens (including phenoxy) is 3. The zero-order chi connectivity index (χ0) is 75.2. The monoisotopic (exact) mass is 1480 g/mol. The first-order valence-electron chi connectivity index (χ1n) is 39.8. The Morgan fingerprint density at radius 1 is 0.282 bits per heavy atom. The van der Waals surface area contributed by atoms with Crippen molar-refractivity contribution in [1.29, 1.82) is 0 Å². The summed E-state index contributed by atoms with van der Waals surface area (Å²) in [6.45, 7) is 2.32. The van der Waals surface area contributed by atoms with Crippen molar-refractivity contribution in [1.82, 2.24) is 0 Å². The van der Waals surface area contributed by atoms with Gasteiger partial charge in [0.05, 0.1) is 26.4 Å². The van der Waals surface area contributed by atoms with E-state index >= 15 is 0 Å². The van der Waals surface area contributed by atoms with Gasteiger partial charge in [0.2, 0.25) is 0 Å². The van der Waals surface area contributed by atoms with E-state index in [1.165, 1.54) is 116 Å². The number of aliphatic hydroxyl groups excluding tert-OH is 2. The van der Waals surface area contributed by atoms with E-state index in [9.17, 15) is 43.5 Å². The predicted octanol–water partition coefficient (Wildman–Crippen LogP) is 23.4. The van der Waals surface area contributed by atoms with Crippen LogP contribution in [0.3, 0.4) is 0 Å². The van der Waals surface area contributed by atoms with Gasteiger partial charge in [0.25, 0.3) is 0 Å². The highest BCUT2D eigenvalue weighted by molar-refractivity contribution is 7.47. The number of phosphoric ester groups is 2. The second-order valence-corrected chi connectivity index (χ2v) is 29.0. The fourth-order valence-electron chi connectivity index (χ4n) is 10.2. The third kappa shape index (κ3) is 78.1. The van der Waals surface area contributed by atoms with Gasteiger partial charge in [-0.3, -0.25) is 32.5 Å². The third-order valence-electron chi connectivity index (χ3n) is 16.2. The van der Waals surface area contributed by atoms with Gasteiger partial charge in [0.1, 0.15) is 25.4 Å². The molecule has 0 aromatic heterocycles. The number of allylic oxidation sites excluding steroid dienone is 26. The van der Waals surface area contributed by atoms with Crippen LogP contribution in [0.1, 0.15) is 303 Å². The minimum absolute atomic E-state index is 0.0592. The van der Waals surface area contributed by atoms with Crippen LogP contribution < -0.4 is 0 Å². The van der Waals surface area contributed by atoms with Crippen molar-refractivity contribution >= 4 is 33.6 Å². The van der Waals surface area contributed by atoms with Crippen LogP contribution >= 0.6 is 15.6 Å². The van der Waals surface area contributed by atoms with E-state index in [1.54, 1.807) is 0 Å². The molecule has 0 spiro atoms. The number of carbonyl (C=O) groups excluding carboxylic acids is 3. The van der Waals surface area contributed by atoms with E-state index in [1.807, 2.05) is 12.2 Å². The summed E-state index contributed by atoms with van der Waals surface area (Å²) in [5.74, 6) is -1.68. The van der Waals surface area contributed by atoms with Crippen LogP contribution in [0.4, 0.5) is 0 Å². The standard InChI is InChI=1S/C85H142O16P2/c1-4-7-10-13-16-19-22-25-28-31-32-33-34-35-36-37-38-39-40-41-42-43-44-45-46-49-51-53-56-59-62-65-68-71-83(88)95-74-80(86)75-97-102(91,92)98-76-81(87)77-99-103(93,94)100-79-82(101-85(90)73-70-67-64-61-58-55-52-48-30-27-24-21-18-15-12-9-6-3)78-96-84(89)72-69-66-63-60-57-54-50-47-29-26-23-20-17-14-11-8-5-2/h8-9,11-12,16-21,25-30,32-33,35-36,50,52,54-55,60,63,80-82,86-87H,4-7,10,13-15,22-24,31,34,37-49,51,53,56-59,61-62,64-79H2,1-3H3,(H,91,92)(H,93,94)/b11-8-,12-9-,19-16-,20-17-,21-18-,28-25-,29-26-,30-27-,33-32-,36-35-,54-50-,55-52-,63-60-. The zero-order valence-corrected chi connectivity index (χ0v) is 66.0. The van der Waals surface area contributed by atoms with Gasteiger partial charge in [-0.1, -0.05) is 301 Å². The Labute approximate surface area is 625 Å². The fourth-order valence-corrected chi connectivity index (χ4v) is 11.8. The van der Waals surface area contributed by atoms with Crippen LogP contribution in [0.25, 0.3) is 0 Å². The van der Waals surface area contributed by atoms with Crippen molar-refractivity contribution < 1.29 is 75.8 Å². The lowest BCUT2D eigenvalue weighted by Crippen LogP contribution is -2.30. The lowest BCUT2D eigenvalue weighted by atomic mass is 10.0. The smallest absolute Gasteiger partial charge is 0.463 e. The molecule has 5 unspecified atom stereocenters. The molecular weight excluding hydrogens is 1340 g/mol. The molecule has 0 bridgehead atoms. The number of hydrogen-bond donors (Lipinski definition) is 4. The summed E-state index contributed by atoms with van der Waals surface area (Å²) in [5, 5.41) is 20.6. The summed E-state index contributed by atoms with van der Waals surface area (Å²) >= 11 is 0. The number of phosphoric acid groups is 2. The zero-order valence-electron chi connectivity index (χ0n) is 64.2. The Morgan fingerprint density at radius 3 is 0.854 bits per heavy atom. The van der Waals surface area contributed by atoms with E-state index in [4.69, 9.17) is 32.3 Å². The van der Waals surface area contributed by atoms with Gasteiger partial charge < -0.3 is 34.2 Å². The molecule has 0 aliphatic heterocycles. The van der Waals surface area contributed by atoms with Crippen LogP contribution in [0.15, 0.2) is 158 Å². The molecule has 0 saturated carbocycles. The van der Waals surface area contributed by atoms with E-state index in [0.717, 1.165) is 122 Å². The molecule has 0 aliphatic carbocycles. The maximum absolute atomic E-state index is 12.9. The number of esters is 3. The third-order valence-corrected chi connectivity index (χ3v) is 18.1.